The number of hydrogen-bond donors (Lipinski definition) is 1. The third-order valence-corrected chi connectivity index (χ3v) is 3.83. The van der Waals surface area contributed by atoms with Crippen molar-refractivity contribution >= 4 is 15.8 Å². The van der Waals surface area contributed by atoms with Crippen molar-refractivity contribution in [1.29, 1.82) is 0 Å². The predicted octanol–water partition coefficient (Wildman–Crippen LogP) is 0.290. The summed E-state index contributed by atoms with van der Waals surface area (Å²) in [6, 6.07) is 0. The summed E-state index contributed by atoms with van der Waals surface area (Å²) in [6.07, 6.45) is 3.92. The second kappa shape index (κ2) is 4.45. The lowest BCUT2D eigenvalue weighted by Crippen LogP contribution is -2.12. The Labute approximate surface area is 83.9 Å². The van der Waals surface area contributed by atoms with E-state index in [-0.39, 0.29) is 11.5 Å². The Hall–Kier alpha value is -1.04. The summed E-state index contributed by atoms with van der Waals surface area (Å²) in [5.74, 6) is 0.840. The normalized spacial score (nSPS) is 11.8. The zero-order chi connectivity index (χ0) is 10.6. The van der Waals surface area contributed by atoms with Crippen molar-refractivity contribution in [3.05, 3.63) is 12.4 Å². The van der Waals surface area contributed by atoms with E-state index in [0.717, 1.165) is 0 Å². The first-order chi connectivity index (χ1) is 6.55. The van der Waals surface area contributed by atoms with Crippen molar-refractivity contribution in [3.8, 4) is 0 Å². The molecule has 0 unspecified atom stereocenters. The molecule has 1 rings (SSSR count). The smallest absolute Gasteiger partial charge is 0.200 e. The number of sulfone groups is 1. The van der Waals surface area contributed by atoms with Crippen molar-refractivity contribution in [2.75, 3.05) is 17.2 Å². The number of nitrogens with two attached hydrogens (primary N) is 1. The van der Waals surface area contributed by atoms with E-state index in [9.17, 15) is 8.42 Å². The second-order valence-electron chi connectivity index (χ2n) is 3.07. The number of aromatic nitrogens is 2. The third kappa shape index (κ3) is 3.02. The number of nitrogen functional groups attached to an aromatic ring is 1. The standard InChI is InChI=1S/C8H15N3O2S/c1-2-14(12,13)7-3-5-11-6-4-10-8(11)9/h4,6H,2-3,5,7H2,1H3,(H2,9,10). The number of nitrogens with zero attached hydrogens (tertiary/aromatic N) is 2. The Morgan fingerprint density at radius 2 is 2.29 bits per heavy atom. The second-order valence-corrected chi connectivity index (χ2v) is 5.54. The topological polar surface area (TPSA) is 78.0 Å². The van der Waals surface area contributed by atoms with Crippen LogP contribution in [0.25, 0.3) is 0 Å². The van der Waals surface area contributed by atoms with E-state index >= 15 is 0 Å². The summed E-state index contributed by atoms with van der Waals surface area (Å²) in [5.41, 5.74) is 5.53. The summed E-state index contributed by atoms with van der Waals surface area (Å²) >= 11 is 0. The Morgan fingerprint density at radius 3 is 2.79 bits per heavy atom. The molecule has 0 aliphatic carbocycles. The number of rotatable bonds is 5. The molecule has 1 aromatic rings. The molecule has 0 aromatic carbocycles. The minimum atomic E-state index is -2.86. The molecule has 0 bridgehead atoms. The van der Waals surface area contributed by atoms with E-state index in [0.29, 0.717) is 18.9 Å². The van der Waals surface area contributed by atoms with Crippen LogP contribution in [-0.4, -0.2) is 29.5 Å². The molecule has 14 heavy (non-hydrogen) atoms. The van der Waals surface area contributed by atoms with Crippen LogP contribution in [-0.2, 0) is 16.4 Å². The maximum Gasteiger partial charge on any atom is 0.200 e. The Kier molecular flexibility index (Phi) is 3.51. The molecule has 0 saturated carbocycles. The molecule has 1 aromatic heterocycles. The summed E-state index contributed by atoms with van der Waals surface area (Å²) in [5, 5.41) is 0. The Bertz CT molecular complexity index is 383. The van der Waals surface area contributed by atoms with Crippen molar-refractivity contribution in [3.63, 3.8) is 0 Å². The molecule has 80 valence electrons. The molecule has 0 saturated heterocycles. The lowest BCUT2D eigenvalue weighted by molar-refractivity contribution is 0.588. The Morgan fingerprint density at radius 1 is 1.57 bits per heavy atom. The number of imidazole rings is 1. The van der Waals surface area contributed by atoms with Gasteiger partial charge in [-0.05, 0) is 6.42 Å². The van der Waals surface area contributed by atoms with Gasteiger partial charge in [-0.1, -0.05) is 6.92 Å². The number of anilines is 1. The fourth-order valence-electron chi connectivity index (χ4n) is 1.13. The third-order valence-electron chi connectivity index (χ3n) is 2.04. The van der Waals surface area contributed by atoms with E-state index in [1.807, 2.05) is 0 Å². The van der Waals surface area contributed by atoms with Crippen LogP contribution >= 0.6 is 0 Å². The van der Waals surface area contributed by atoms with Crippen molar-refractivity contribution in [2.24, 2.45) is 0 Å². The number of hydrogen-bond acceptors (Lipinski definition) is 4. The van der Waals surface area contributed by atoms with Crippen LogP contribution in [0, 0.1) is 0 Å². The Balaban J connectivity index is 2.40. The van der Waals surface area contributed by atoms with Crippen LogP contribution in [0.3, 0.4) is 0 Å². The van der Waals surface area contributed by atoms with Crippen LogP contribution in [0.1, 0.15) is 13.3 Å². The van der Waals surface area contributed by atoms with Gasteiger partial charge in [0.05, 0.1) is 5.75 Å². The molecule has 0 amide bonds. The number of aryl methyl sites for hydroxylation is 1. The van der Waals surface area contributed by atoms with Gasteiger partial charge in [-0.15, -0.1) is 0 Å². The van der Waals surface area contributed by atoms with Gasteiger partial charge in [-0.2, -0.15) is 0 Å². The van der Waals surface area contributed by atoms with Crippen LogP contribution in [0.4, 0.5) is 5.95 Å². The summed E-state index contributed by atoms with van der Waals surface area (Å²) < 4.78 is 24.1. The maximum absolute atomic E-state index is 11.2. The molecule has 0 fully saturated rings. The minimum absolute atomic E-state index is 0.201. The van der Waals surface area contributed by atoms with Gasteiger partial charge in [0.15, 0.2) is 5.95 Å². The van der Waals surface area contributed by atoms with E-state index in [2.05, 4.69) is 4.98 Å². The zero-order valence-corrected chi connectivity index (χ0v) is 9.00. The predicted molar refractivity (Wildman–Crippen MR) is 55.6 cm³/mol. The highest BCUT2D eigenvalue weighted by atomic mass is 32.2. The van der Waals surface area contributed by atoms with Gasteiger partial charge in [0.1, 0.15) is 9.84 Å². The van der Waals surface area contributed by atoms with Crippen LogP contribution in [0.5, 0.6) is 0 Å². The highest BCUT2D eigenvalue weighted by Gasteiger charge is 2.07. The fourth-order valence-corrected chi connectivity index (χ4v) is 1.99. The van der Waals surface area contributed by atoms with Crippen molar-refractivity contribution in [1.82, 2.24) is 9.55 Å². The van der Waals surface area contributed by atoms with E-state index in [1.54, 1.807) is 23.9 Å². The van der Waals surface area contributed by atoms with Crippen LogP contribution < -0.4 is 5.73 Å². The van der Waals surface area contributed by atoms with E-state index < -0.39 is 9.84 Å². The summed E-state index contributed by atoms with van der Waals surface area (Å²) in [6.45, 7) is 2.26. The largest absolute Gasteiger partial charge is 0.369 e. The first-order valence-corrected chi connectivity index (χ1v) is 6.34. The van der Waals surface area contributed by atoms with Gasteiger partial charge in [0, 0.05) is 24.7 Å². The molecular weight excluding hydrogens is 202 g/mol. The molecule has 5 nitrogen and oxygen atoms in total. The molecular formula is C8H15N3O2S. The van der Waals surface area contributed by atoms with E-state index in [4.69, 9.17) is 5.73 Å². The lowest BCUT2D eigenvalue weighted by Gasteiger charge is -2.04. The summed E-state index contributed by atoms with van der Waals surface area (Å²) in [4.78, 5) is 3.84. The molecule has 0 aliphatic heterocycles. The first kappa shape index (κ1) is 11.0. The average molecular weight is 217 g/mol. The molecule has 0 atom stereocenters. The van der Waals surface area contributed by atoms with Gasteiger partial charge in [0.2, 0.25) is 0 Å². The van der Waals surface area contributed by atoms with Crippen molar-refractivity contribution in [2.45, 2.75) is 19.9 Å². The maximum atomic E-state index is 11.2. The highest BCUT2D eigenvalue weighted by Crippen LogP contribution is 2.02. The van der Waals surface area contributed by atoms with Crippen LogP contribution in [0.15, 0.2) is 12.4 Å². The van der Waals surface area contributed by atoms with Gasteiger partial charge in [-0.3, -0.25) is 0 Å². The molecule has 0 aliphatic rings. The quantitative estimate of drug-likeness (QED) is 0.769. The van der Waals surface area contributed by atoms with Gasteiger partial charge < -0.3 is 10.3 Å². The molecule has 2 N–H and O–H groups in total. The van der Waals surface area contributed by atoms with E-state index in [1.165, 1.54) is 0 Å². The van der Waals surface area contributed by atoms with Gasteiger partial charge >= 0.3 is 0 Å². The first-order valence-electron chi connectivity index (χ1n) is 4.52. The molecule has 6 heteroatoms. The fraction of sp³-hybridized carbons (Fsp3) is 0.625. The molecule has 0 radical (unpaired) electrons. The van der Waals surface area contributed by atoms with Crippen LogP contribution in [0.2, 0.25) is 0 Å². The molecule has 1 heterocycles. The van der Waals surface area contributed by atoms with Gasteiger partial charge in [0.25, 0.3) is 0 Å². The SMILES string of the molecule is CCS(=O)(=O)CCCn1ccnc1N. The lowest BCUT2D eigenvalue weighted by atomic mass is 10.5. The highest BCUT2D eigenvalue weighted by molar-refractivity contribution is 7.91. The van der Waals surface area contributed by atoms with Gasteiger partial charge in [-0.25, -0.2) is 13.4 Å². The monoisotopic (exact) mass is 217 g/mol. The molecule has 0 spiro atoms. The van der Waals surface area contributed by atoms with Crippen molar-refractivity contribution < 1.29 is 8.42 Å². The average Bonchev–Trinajstić information content (AvgIpc) is 2.52. The summed E-state index contributed by atoms with van der Waals surface area (Å²) in [7, 11) is -2.86. The zero-order valence-electron chi connectivity index (χ0n) is 8.18. The minimum Gasteiger partial charge on any atom is -0.369 e.